The fourth-order valence-electron chi connectivity index (χ4n) is 3.13. The molecule has 0 saturated carbocycles. The van der Waals surface area contributed by atoms with E-state index in [-0.39, 0.29) is 22.9 Å². The number of hydrogen-bond donors (Lipinski definition) is 1. The van der Waals surface area contributed by atoms with Gasteiger partial charge in [0.05, 0.1) is 4.90 Å². The van der Waals surface area contributed by atoms with Crippen molar-refractivity contribution in [2.75, 3.05) is 26.7 Å². The number of likely N-dealkylation sites (tertiary alicyclic amines) is 1. The summed E-state index contributed by atoms with van der Waals surface area (Å²) in [6, 6.07) is 6.29. The summed E-state index contributed by atoms with van der Waals surface area (Å²) in [4.78, 5) is 15.1. The van der Waals surface area contributed by atoms with Crippen molar-refractivity contribution in [2.45, 2.75) is 57.0 Å². The maximum absolute atomic E-state index is 12.6. The van der Waals surface area contributed by atoms with Crippen molar-refractivity contribution < 1.29 is 13.2 Å². The normalized spacial score (nSPS) is 17.0. The Morgan fingerprint density at radius 2 is 1.96 bits per heavy atom. The number of sulfonamides is 1. The van der Waals surface area contributed by atoms with Crippen LogP contribution in [0.15, 0.2) is 29.2 Å². The van der Waals surface area contributed by atoms with Gasteiger partial charge in [0.15, 0.2) is 0 Å². The minimum atomic E-state index is -3.59. The molecule has 0 radical (unpaired) electrons. The van der Waals surface area contributed by atoms with E-state index < -0.39 is 10.0 Å². The van der Waals surface area contributed by atoms with Crippen LogP contribution in [0.3, 0.4) is 0 Å². The lowest BCUT2D eigenvalue weighted by atomic mass is 10.0. The van der Waals surface area contributed by atoms with Crippen LogP contribution < -0.4 is 5.32 Å². The van der Waals surface area contributed by atoms with Crippen molar-refractivity contribution in [2.24, 2.45) is 0 Å². The summed E-state index contributed by atoms with van der Waals surface area (Å²) in [5, 5.41) is 3.05. The lowest BCUT2D eigenvalue weighted by Crippen LogP contribution is -2.44. The third-order valence-corrected chi connectivity index (χ3v) is 6.99. The van der Waals surface area contributed by atoms with Gasteiger partial charge in [0.1, 0.15) is 0 Å². The van der Waals surface area contributed by atoms with Gasteiger partial charge >= 0.3 is 0 Å². The number of hydrogen-bond acceptors (Lipinski definition) is 4. The third kappa shape index (κ3) is 5.05. The number of amides is 1. The average molecular weight is 382 g/mol. The molecule has 1 aliphatic rings. The first-order valence-electron chi connectivity index (χ1n) is 9.37. The molecule has 2 rings (SSSR count). The minimum absolute atomic E-state index is 0.147. The summed E-state index contributed by atoms with van der Waals surface area (Å²) in [5.74, 6) is -0.205. The first kappa shape index (κ1) is 20.9. The van der Waals surface area contributed by atoms with E-state index >= 15 is 0 Å². The topological polar surface area (TPSA) is 69.7 Å². The van der Waals surface area contributed by atoms with E-state index in [4.69, 9.17) is 0 Å². The minimum Gasteiger partial charge on any atom is -0.349 e. The molecule has 0 bridgehead atoms. The molecule has 7 heteroatoms. The molecule has 0 unspecified atom stereocenters. The van der Waals surface area contributed by atoms with Gasteiger partial charge in [-0.15, -0.1) is 0 Å². The molecule has 1 aromatic rings. The Kier molecular flexibility index (Phi) is 7.20. The molecule has 1 heterocycles. The van der Waals surface area contributed by atoms with Crippen LogP contribution in [0.2, 0.25) is 0 Å². The first-order valence-corrected chi connectivity index (χ1v) is 10.8. The lowest BCUT2D eigenvalue weighted by Gasteiger charge is -2.32. The molecule has 1 aromatic carbocycles. The van der Waals surface area contributed by atoms with E-state index in [0.717, 1.165) is 38.9 Å². The molecule has 0 aliphatic carbocycles. The van der Waals surface area contributed by atoms with Crippen molar-refractivity contribution in [3.05, 3.63) is 29.8 Å². The van der Waals surface area contributed by atoms with Crippen molar-refractivity contribution in [1.29, 1.82) is 0 Å². The molecular weight excluding hydrogens is 350 g/mol. The zero-order valence-electron chi connectivity index (χ0n) is 16.2. The number of nitrogens with one attached hydrogen (secondary N) is 1. The van der Waals surface area contributed by atoms with Gasteiger partial charge in [-0.1, -0.05) is 13.0 Å². The van der Waals surface area contributed by atoms with Gasteiger partial charge in [-0.05, 0) is 57.9 Å². The van der Waals surface area contributed by atoms with Crippen molar-refractivity contribution in [1.82, 2.24) is 14.5 Å². The smallest absolute Gasteiger partial charge is 0.251 e. The Balaban J connectivity index is 2.05. The summed E-state index contributed by atoms with van der Waals surface area (Å²) in [5.41, 5.74) is 0.388. The van der Waals surface area contributed by atoms with Crippen LogP contribution in [-0.4, -0.2) is 62.3 Å². The largest absolute Gasteiger partial charge is 0.349 e. The fourth-order valence-corrected chi connectivity index (χ4v) is 4.54. The van der Waals surface area contributed by atoms with Crippen LogP contribution in [0, 0.1) is 0 Å². The van der Waals surface area contributed by atoms with E-state index in [1.54, 1.807) is 19.2 Å². The summed E-state index contributed by atoms with van der Waals surface area (Å²) in [7, 11) is -2.04. The van der Waals surface area contributed by atoms with Crippen molar-refractivity contribution in [3.8, 4) is 0 Å². The Labute approximate surface area is 157 Å². The molecule has 146 valence electrons. The number of carbonyl (C=O) groups excluding carboxylic acids is 1. The van der Waals surface area contributed by atoms with E-state index in [1.165, 1.54) is 16.4 Å². The molecule has 1 fully saturated rings. The van der Waals surface area contributed by atoms with Gasteiger partial charge in [-0.25, -0.2) is 8.42 Å². The quantitative estimate of drug-likeness (QED) is 0.787. The van der Waals surface area contributed by atoms with Gasteiger partial charge < -0.3 is 10.2 Å². The van der Waals surface area contributed by atoms with Crippen LogP contribution in [0.4, 0.5) is 0 Å². The second-order valence-electron chi connectivity index (χ2n) is 7.23. The molecule has 1 aliphatic heterocycles. The van der Waals surface area contributed by atoms with Gasteiger partial charge in [-0.2, -0.15) is 4.31 Å². The Morgan fingerprint density at radius 1 is 1.31 bits per heavy atom. The zero-order valence-corrected chi connectivity index (χ0v) is 17.1. The van der Waals surface area contributed by atoms with Gasteiger partial charge in [0.25, 0.3) is 5.91 Å². The summed E-state index contributed by atoms with van der Waals surface area (Å²) in [6.45, 7) is 8.90. The molecule has 26 heavy (non-hydrogen) atoms. The van der Waals surface area contributed by atoms with Crippen LogP contribution in [-0.2, 0) is 10.0 Å². The predicted molar refractivity (Wildman–Crippen MR) is 104 cm³/mol. The Morgan fingerprint density at radius 3 is 2.54 bits per heavy atom. The second kappa shape index (κ2) is 8.97. The second-order valence-corrected chi connectivity index (χ2v) is 9.23. The first-order chi connectivity index (χ1) is 12.3. The highest BCUT2D eigenvalue weighted by Crippen LogP contribution is 2.18. The maximum Gasteiger partial charge on any atom is 0.251 e. The number of carbonyl (C=O) groups is 1. The summed E-state index contributed by atoms with van der Waals surface area (Å²) in [6.07, 6.45) is 3.00. The van der Waals surface area contributed by atoms with E-state index in [1.807, 2.05) is 13.8 Å². The highest BCUT2D eigenvalue weighted by Gasteiger charge is 2.25. The monoisotopic (exact) mass is 381 g/mol. The molecule has 1 N–H and O–H groups in total. The molecule has 0 spiro atoms. The van der Waals surface area contributed by atoms with E-state index in [9.17, 15) is 13.2 Å². The molecule has 0 aromatic heterocycles. The van der Waals surface area contributed by atoms with E-state index in [2.05, 4.69) is 17.1 Å². The van der Waals surface area contributed by atoms with Gasteiger partial charge in [-0.3, -0.25) is 4.79 Å². The number of benzene rings is 1. The van der Waals surface area contributed by atoms with Crippen LogP contribution in [0.25, 0.3) is 0 Å². The van der Waals surface area contributed by atoms with Crippen LogP contribution >= 0.6 is 0 Å². The number of nitrogens with zero attached hydrogens (tertiary/aromatic N) is 2. The number of piperidine rings is 1. The highest BCUT2D eigenvalue weighted by molar-refractivity contribution is 7.89. The fraction of sp³-hybridized carbons (Fsp3) is 0.632. The average Bonchev–Trinajstić information content (AvgIpc) is 2.63. The van der Waals surface area contributed by atoms with E-state index in [0.29, 0.717) is 5.56 Å². The zero-order chi connectivity index (χ0) is 19.3. The van der Waals surface area contributed by atoms with Crippen LogP contribution in [0.1, 0.15) is 50.4 Å². The molecule has 1 amide bonds. The Bertz CT molecular complexity index is 710. The summed E-state index contributed by atoms with van der Waals surface area (Å²) < 4.78 is 26.6. The number of rotatable bonds is 7. The Hall–Kier alpha value is -1.44. The van der Waals surface area contributed by atoms with Crippen molar-refractivity contribution >= 4 is 15.9 Å². The molecular formula is C19H31N3O3S. The third-order valence-electron chi connectivity index (χ3n) is 4.96. The maximum atomic E-state index is 12.6. The molecule has 0 atom stereocenters. The lowest BCUT2D eigenvalue weighted by molar-refractivity contribution is 0.0911. The SMILES string of the molecule is CCCN1CCC(NC(=O)c2cccc(S(=O)(=O)N(C)C(C)C)c2)CC1. The standard InChI is InChI=1S/C19H31N3O3S/c1-5-11-22-12-9-17(10-13-22)20-19(23)16-7-6-8-18(14-16)26(24,25)21(4)15(2)3/h6-8,14-15,17H,5,9-13H2,1-4H3,(H,20,23). The van der Waals surface area contributed by atoms with Gasteiger partial charge in [0.2, 0.25) is 10.0 Å². The highest BCUT2D eigenvalue weighted by atomic mass is 32.2. The predicted octanol–water partition coefficient (Wildman–Crippen LogP) is 2.32. The molecule has 1 saturated heterocycles. The van der Waals surface area contributed by atoms with Crippen LogP contribution in [0.5, 0.6) is 0 Å². The van der Waals surface area contributed by atoms with Crippen molar-refractivity contribution in [3.63, 3.8) is 0 Å². The van der Waals surface area contributed by atoms with Gasteiger partial charge in [0, 0.05) is 37.8 Å². The molecule has 6 nitrogen and oxygen atoms in total. The summed E-state index contributed by atoms with van der Waals surface area (Å²) >= 11 is 0.